The van der Waals surface area contributed by atoms with Crippen LogP contribution in [0.1, 0.15) is 46.0 Å². The second-order valence-corrected chi connectivity index (χ2v) is 6.74. The maximum Gasteiger partial charge on any atom is 0.00945 e. The normalized spacial score (nSPS) is 31.6. The van der Waals surface area contributed by atoms with E-state index in [2.05, 4.69) is 24.4 Å². The first-order chi connectivity index (χ1) is 7.15. The maximum atomic E-state index is 2.54. The summed E-state index contributed by atoms with van der Waals surface area (Å²) >= 11 is 1.93. The summed E-state index contributed by atoms with van der Waals surface area (Å²) in [5, 5.41) is 0. The van der Waals surface area contributed by atoms with Crippen LogP contribution in [-0.2, 0) is 0 Å². The number of piperidine rings is 1. The Kier molecular flexibility index (Phi) is 3.67. The van der Waals surface area contributed by atoms with Crippen molar-refractivity contribution in [2.24, 2.45) is 17.3 Å². The Bertz CT molecular complexity index is 207. The lowest BCUT2D eigenvalue weighted by Crippen LogP contribution is -2.35. The van der Waals surface area contributed by atoms with Crippen LogP contribution in [0.4, 0.5) is 0 Å². The van der Waals surface area contributed by atoms with E-state index in [0.717, 1.165) is 17.3 Å². The molecule has 0 aromatic rings. The second-order valence-electron chi connectivity index (χ2n) is 5.86. The minimum atomic E-state index is 0.751. The Hall–Kier alpha value is 0.310. The molecule has 0 radical (unpaired) electrons. The zero-order chi connectivity index (χ0) is 10.9. The van der Waals surface area contributed by atoms with E-state index in [-0.39, 0.29) is 0 Å². The molecule has 0 amide bonds. The smallest absolute Gasteiger partial charge is 0.00945 e. The van der Waals surface area contributed by atoms with Crippen molar-refractivity contribution < 1.29 is 0 Å². The molecule has 1 nitrogen and oxygen atoms in total. The van der Waals surface area contributed by atoms with Gasteiger partial charge in [-0.2, -0.15) is 0 Å². The average molecular weight is 227 g/mol. The summed E-state index contributed by atoms with van der Waals surface area (Å²) in [6.07, 6.45) is 9.65. The predicted molar refractivity (Wildman–Crippen MR) is 68.9 cm³/mol. The first kappa shape index (κ1) is 11.8. The van der Waals surface area contributed by atoms with Gasteiger partial charge in [-0.05, 0) is 55.6 Å². The van der Waals surface area contributed by atoms with Crippen molar-refractivity contribution >= 4 is 11.9 Å². The molecule has 0 bridgehead atoms. The number of rotatable bonds is 2. The SMILES string of the molecule is CSN1CCC2(CCC(C(C)C)C2)CC1. The molecule has 1 saturated carbocycles. The topological polar surface area (TPSA) is 3.24 Å². The lowest BCUT2D eigenvalue weighted by molar-refractivity contribution is 0.156. The van der Waals surface area contributed by atoms with Gasteiger partial charge in [0.25, 0.3) is 0 Å². The Labute approximate surface area is 99.1 Å². The monoisotopic (exact) mass is 227 g/mol. The zero-order valence-corrected chi connectivity index (χ0v) is 11.3. The number of hydrogen-bond donors (Lipinski definition) is 0. The molecule has 1 unspecified atom stereocenters. The third kappa shape index (κ3) is 2.52. The van der Waals surface area contributed by atoms with Crippen LogP contribution in [0, 0.1) is 17.3 Å². The molecule has 1 aliphatic carbocycles. The van der Waals surface area contributed by atoms with Crippen molar-refractivity contribution in [3.8, 4) is 0 Å². The number of hydrogen-bond acceptors (Lipinski definition) is 2. The first-order valence-corrected chi connectivity index (χ1v) is 7.62. The predicted octanol–water partition coefficient (Wildman–Crippen LogP) is 3.80. The Morgan fingerprint density at radius 3 is 2.33 bits per heavy atom. The highest BCUT2D eigenvalue weighted by molar-refractivity contribution is 7.96. The van der Waals surface area contributed by atoms with Gasteiger partial charge >= 0.3 is 0 Å². The van der Waals surface area contributed by atoms with Crippen LogP contribution in [-0.4, -0.2) is 23.7 Å². The summed E-state index contributed by atoms with van der Waals surface area (Å²) in [7, 11) is 0. The van der Waals surface area contributed by atoms with Gasteiger partial charge in [-0.15, -0.1) is 0 Å². The molecule has 1 heterocycles. The molecule has 0 N–H and O–H groups in total. The van der Waals surface area contributed by atoms with Gasteiger partial charge in [-0.3, -0.25) is 4.31 Å². The highest BCUT2D eigenvalue weighted by Gasteiger charge is 2.41. The highest BCUT2D eigenvalue weighted by atomic mass is 32.2. The van der Waals surface area contributed by atoms with Crippen molar-refractivity contribution in [2.45, 2.75) is 46.0 Å². The quantitative estimate of drug-likeness (QED) is 0.660. The maximum absolute atomic E-state index is 2.54. The van der Waals surface area contributed by atoms with Crippen LogP contribution in [0.5, 0.6) is 0 Å². The van der Waals surface area contributed by atoms with E-state index in [1.807, 2.05) is 11.9 Å². The van der Waals surface area contributed by atoms with Crippen molar-refractivity contribution in [3.63, 3.8) is 0 Å². The molecular weight excluding hydrogens is 202 g/mol. The summed E-state index contributed by atoms with van der Waals surface area (Å²) in [5.41, 5.74) is 0.751. The Morgan fingerprint density at radius 1 is 1.20 bits per heavy atom. The van der Waals surface area contributed by atoms with E-state index in [1.165, 1.54) is 45.2 Å². The van der Waals surface area contributed by atoms with Crippen LogP contribution in [0.15, 0.2) is 0 Å². The molecule has 2 rings (SSSR count). The largest absolute Gasteiger partial charge is 0.251 e. The first-order valence-electron chi connectivity index (χ1n) is 6.44. The molecule has 2 fully saturated rings. The molecule has 15 heavy (non-hydrogen) atoms. The van der Waals surface area contributed by atoms with Crippen LogP contribution < -0.4 is 0 Å². The highest BCUT2D eigenvalue weighted by Crippen LogP contribution is 2.51. The summed E-state index contributed by atoms with van der Waals surface area (Å²) in [4.78, 5) is 0. The van der Waals surface area contributed by atoms with Crippen LogP contribution in [0.25, 0.3) is 0 Å². The standard InChI is InChI=1S/C13H25NS/c1-11(2)12-4-5-13(10-12)6-8-14(15-3)9-7-13/h11-12H,4-10H2,1-3H3. The summed E-state index contributed by atoms with van der Waals surface area (Å²) < 4.78 is 2.54. The van der Waals surface area contributed by atoms with E-state index in [4.69, 9.17) is 0 Å². The molecule has 0 aromatic heterocycles. The molecule has 1 spiro atoms. The van der Waals surface area contributed by atoms with Crippen molar-refractivity contribution in [3.05, 3.63) is 0 Å². The molecule has 1 atom stereocenters. The van der Waals surface area contributed by atoms with Crippen LogP contribution in [0.3, 0.4) is 0 Å². The van der Waals surface area contributed by atoms with E-state index < -0.39 is 0 Å². The van der Waals surface area contributed by atoms with Gasteiger partial charge in [0.2, 0.25) is 0 Å². The third-order valence-electron chi connectivity index (χ3n) is 4.72. The molecule has 2 aliphatic rings. The Morgan fingerprint density at radius 2 is 1.87 bits per heavy atom. The van der Waals surface area contributed by atoms with Crippen molar-refractivity contribution in [2.75, 3.05) is 19.3 Å². The molecule has 1 saturated heterocycles. The fourth-order valence-electron chi connectivity index (χ4n) is 3.42. The zero-order valence-electron chi connectivity index (χ0n) is 10.5. The van der Waals surface area contributed by atoms with E-state index in [0.29, 0.717) is 0 Å². The molecule has 0 aromatic carbocycles. The summed E-state index contributed by atoms with van der Waals surface area (Å²) in [5.74, 6) is 1.92. The molecular formula is C13H25NS. The molecule has 2 heteroatoms. The molecule has 88 valence electrons. The van der Waals surface area contributed by atoms with E-state index in [9.17, 15) is 0 Å². The van der Waals surface area contributed by atoms with Crippen LogP contribution in [0.2, 0.25) is 0 Å². The van der Waals surface area contributed by atoms with Crippen molar-refractivity contribution in [1.82, 2.24) is 4.31 Å². The Balaban J connectivity index is 1.89. The van der Waals surface area contributed by atoms with Gasteiger partial charge in [0, 0.05) is 13.1 Å². The lowest BCUT2D eigenvalue weighted by atomic mass is 9.76. The van der Waals surface area contributed by atoms with Gasteiger partial charge in [0.15, 0.2) is 0 Å². The fraction of sp³-hybridized carbons (Fsp3) is 1.00. The second kappa shape index (κ2) is 4.67. The minimum Gasteiger partial charge on any atom is -0.251 e. The van der Waals surface area contributed by atoms with Gasteiger partial charge in [-0.25, -0.2) is 0 Å². The lowest BCUT2D eigenvalue weighted by Gasteiger charge is -2.38. The van der Waals surface area contributed by atoms with Gasteiger partial charge in [0.1, 0.15) is 0 Å². The average Bonchev–Trinajstić information content (AvgIpc) is 2.64. The van der Waals surface area contributed by atoms with E-state index >= 15 is 0 Å². The molecule has 1 aliphatic heterocycles. The summed E-state index contributed by atoms with van der Waals surface area (Å²) in [6, 6.07) is 0. The fourth-order valence-corrected chi connectivity index (χ4v) is 3.97. The van der Waals surface area contributed by atoms with E-state index in [1.54, 1.807) is 0 Å². The van der Waals surface area contributed by atoms with Crippen molar-refractivity contribution in [1.29, 1.82) is 0 Å². The van der Waals surface area contributed by atoms with Crippen LogP contribution >= 0.6 is 11.9 Å². The summed E-state index contributed by atoms with van der Waals surface area (Å²) in [6.45, 7) is 7.46. The van der Waals surface area contributed by atoms with Gasteiger partial charge < -0.3 is 0 Å². The minimum absolute atomic E-state index is 0.751. The van der Waals surface area contributed by atoms with Gasteiger partial charge in [0.05, 0.1) is 0 Å². The van der Waals surface area contributed by atoms with Gasteiger partial charge in [-0.1, -0.05) is 25.8 Å². The third-order valence-corrected chi connectivity index (χ3v) is 5.61. The number of nitrogens with zero attached hydrogens (tertiary/aromatic N) is 1.